The molecule has 7 nitrogen and oxygen atoms in total. The van der Waals surface area contributed by atoms with Crippen molar-refractivity contribution in [1.82, 2.24) is 9.97 Å². The van der Waals surface area contributed by atoms with Crippen LogP contribution in [-0.2, 0) is 9.53 Å². The Balaban J connectivity index is 1.13. The third-order valence-electron chi connectivity index (χ3n) is 8.15. The number of fused-ring (bicyclic) bond motifs is 4. The van der Waals surface area contributed by atoms with Crippen LogP contribution in [0.3, 0.4) is 0 Å². The molecule has 0 spiro atoms. The van der Waals surface area contributed by atoms with Crippen LogP contribution in [0.2, 0.25) is 0 Å². The average Bonchev–Trinajstić information content (AvgIpc) is 3.44. The van der Waals surface area contributed by atoms with Gasteiger partial charge in [-0.25, -0.2) is 9.98 Å². The van der Waals surface area contributed by atoms with Gasteiger partial charge in [-0.1, -0.05) is 25.8 Å². The van der Waals surface area contributed by atoms with Crippen LogP contribution in [0.5, 0.6) is 0 Å². The van der Waals surface area contributed by atoms with Crippen molar-refractivity contribution < 1.29 is 9.53 Å². The first-order valence-corrected chi connectivity index (χ1v) is 13.1. The summed E-state index contributed by atoms with van der Waals surface area (Å²) in [6, 6.07) is 4.15. The standard InChI is InChI=1S/C28H36N4O3/c1-17-12-23-24(13-18(17)2)32(27-26(31-23)28(34)30-19(3)29-27)11-7-5-4-6-8-25(33)35-16-22-15-20-9-10-21(22)14-20/h12-13,20-22H,3-11,14-16H2,1-2H3,(H,30,34). The van der Waals surface area contributed by atoms with Crippen LogP contribution >= 0.6 is 0 Å². The number of benzene rings is 1. The summed E-state index contributed by atoms with van der Waals surface area (Å²) in [5, 5.41) is 0.339. The molecule has 2 saturated carbocycles. The van der Waals surface area contributed by atoms with E-state index in [0.29, 0.717) is 35.6 Å². The van der Waals surface area contributed by atoms with E-state index in [1.54, 1.807) is 0 Å². The quantitative estimate of drug-likeness (QED) is 0.434. The Morgan fingerprint density at radius 2 is 1.94 bits per heavy atom. The first-order chi connectivity index (χ1) is 16.9. The number of rotatable bonds is 9. The monoisotopic (exact) mass is 476 g/mol. The third-order valence-corrected chi connectivity index (χ3v) is 8.15. The molecular weight excluding hydrogens is 440 g/mol. The van der Waals surface area contributed by atoms with Crippen molar-refractivity contribution >= 4 is 29.7 Å². The van der Waals surface area contributed by atoms with Crippen molar-refractivity contribution in [3.63, 3.8) is 0 Å². The lowest BCUT2D eigenvalue weighted by Crippen LogP contribution is -2.42. The van der Waals surface area contributed by atoms with E-state index < -0.39 is 0 Å². The summed E-state index contributed by atoms with van der Waals surface area (Å²) in [7, 11) is 0. The Morgan fingerprint density at radius 3 is 2.71 bits per heavy atom. The molecule has 2 fully saturated rings. The summed E-state index contributed by atoms with van der Waals surface area (Å²) in [6.07, 6.45) is 9.53. The lowest BCUT2D eigenvalue weighted by atomic mass is 9.89. The predicted molar refractivity (Wildman–Crippen MR) is 137 cm³/mol. The largest absolute Gasteiger partial charge is 0.465 e. The van der Waals surface area contributed by atoms with Crippen molar-refractivity contribution in [1.29, 1.82) is 0 Å². The van der Waals surface area contributed by atoms with Crippen LogP contribution in [0.15, 0.2) is 21.9 Å². The SMILES string of the molecule is C=c1nc2c(c(=O)[nH]1)=Nc1cc(C)c(C)cc1N2CCCCCCC(=O)OCC1CC2CCC1C2. The Hall–Kier alpha value is -2.96. The highest BCUT2D eigenvalue weighted by molar-refractivity contribution is 5.77. The fourth-order valence-corrected chi connectivity index (χ4v) is 6.09. The number of hydrogen-bond acceptors (Lipinski definition) is 6. The summed E-state index contributed by atoms with van der Waals surface area (Å²) >= 11 is 0. The van der Waals surface area contributed by atoms with Gasteiger partial charge in [0.2, 0.25) is 0 Å². The van der Waals surface area contributed by atoms with Gasteiger partial charge in [-0.05, 0) is 87.0 Å². The van der Waals surface area contributed by atoms with Gasteiger partial charge < -0.3 is 14.6 Å². The van der Waals surface area contributed by atoms with Gasteiger partial charge in [0.15, 0.2) is 11.2 Å². The van der Waals surface area contributed by atoms with E-state index in [9.17, 15) is 9.59 Å². The van der Waals surface area contributed by atoms with Gasteiger partial charge >= 0.3 is 5.97 Å². The number of anilines is 2. The maximum absolute atomic E-state index is 12.5. The molecule has 186 valence electrons. The Labute approximate surface area is 206 Å². The number of aryl methyl sites for hydroxylation is 2. The molecule has 1 aromatic heterocycles. The van der Waals surface area contributed by atoms with Crippen LogP contribution in [0.25, 0.3) is 6.58 Å². The number of H-pyrrole nitrogens is 1. The first kappa shape index (κ1) is 23.8. The zero-order chi connectivity index (χ0) is 24.5. The van der Waals surface area contributed by atoms with Gasteiger partial charge in [-0.2, -0.15) is 0 Å². The van der Waals surface area contributed by atoms with Gasteiger partial charge in [0, 0.05) is 13.0 Å². The maximum Gasteiger partial charge on any atom is 0.305 e. The lowest BCUT2D eigenvalue weighted by Gasteiger charge is -2.28. The zero-order valence-electron chi connectivity index (χ0n) is 20.9. The number of aromatic nitrogens is 2. The van der Waals surface area contributed by atoms with Gasteiger partial charge in [-0.15, -0.1) is 0 Å². The molecule has 2 heterocycles. The van der Waals surface area contributed by atoms with Crippen molar-refractivity contribution in [2.45, 2.75) is 71.6 Å². The number of unbranched alkanes of at least 4 members (excludes halogenated alkanes) is 3. The Bertz CT molecular complexity index is 1280. The van der Waals surface area contributed by atoms with Crippen LogP contribution in [0.4, 0.5) is 17.2 Å². The number of hydrogen-bond donors (Lipinski definition) is 1. The average molecular weight is 477 g/mol. The Morgan fingerprint density at radius 1 is 1.14 bits per heavy atom. The van der Waals surface area contributed by atoms with E-state index in [2.05, 4.69) is 46.4 Å². The van der Waals surface area contributed by atoms with Crippen molar-refractivity contribution in [2.24, 2.45) is 22.7 Å². The number of carbonyl (C=O) groups excluding carboxylic acids is 1. The van der Waals surface area contributed by atoms with Gasteiger partial charge in [0.1, 0.15) is 5.48 Å². The molecule has 3 aliphatic rings. The highest BCUT2D eigenvalue weighted by Gasteiger charge is 2.39. The molecule has 2 aromatic rings. The normalized spacial score (nSPS) is 22.0. The van der Waals surface area contributed by atoms with E-state index in [1.807, 2.05) is 6.07 Å². The van der Waals surface area contributed by atoms with Crippen LogP contribution in [0.1, 0.15) is 68.9 Å². The minimum atomic E-state index is -0.266. The predicted octanol–water partition coefficient (Wildman–Crippen LogP) is 4.13. The van der Waals surface area contributed by atoms with Crippen LogP contribution in [-0.4, -0.2) is 29.1 Å². The van der Waals surface area contributed by atoms with Gasteiger partial charge in [0.25, 0.3) is 5.56 Å². The van der Waals surface area contributed by atoms with Gasteiger partial charge in [0.05, 0.1) is 18.0 Å². The molecule has 2 bridgehead atoms. The Kier molecular flexibility index (Phi) is 6.76. The molecule has 0 radical (unpaired) electrons. The molecule has 0 saturated heterocycles. The molecular formula is C28H36N4O3. The van der Waals surface area contributed by atoms with Crippen molar-refractivity contribution in [2.75, 3.05) is 18.1 Å². The second-order valence-corrected chi connectivity index (χ2v) is 10.7. The molecule has 3 atom stereocenters. The van der Waals surface area contributed by atoms with Crippen molar-refractivity contribution in [3.8, 4) is 0 Å². The highest BCUT2D eigenvalue weighted by atomic mass is 16.5. The van der Waals surface area contributed by atoms with Crippen LogP contribution < -0.4 is 21.3 Å². The fourth-order valence-electron chi connectivity index (χ4n) is 6.09. The molecule has 1 aliphatic heterocycles. The number of ether oxygens (including phenoxy) is 1. The fraction of sp³-hybridized carbons (Fsp3) is 0.571. The number of aromatic amines is 1. The molecule has 35 heavy (non-hydrogen) atoms. The van der Waals surface area contributed by atoms with Gasteiger partial charge in [-0.3, -0.25) is 9.59 Å². The first-order valence-electron chi connectivity index (χ1n) is 13.1. The molecule has 1 aromatic carbocycles. The molecule has 0 amide bonds. The summed E-state index contributed by atoms with van der Waals surface area (Å²) in [4.78, 5) is 38.6. The number of nitrogens with zero attached hydrogens (tertiary/aromatic N) is 3. The molecule has 5 rings (SSSR count). The zero-order valence-corrected chi connectivity index (χ0v) is 20.9. The summed E-state index contributed by atoms with van der Waals surface area (Å²) in [6.45, 7) is 9.30. The molecule has 2 aliphatic carbocycles. The second kappa shape index (κ2) is 9.96. The number of carbonyl (C=O) groups is 1. The van der Waals surface area contributed by atoms with Crippen LogP contribution in [0, 0.1) is 31.6 Å². The van der Waals surface area contributed by atoms with E-state index >= 15 is 0 Å². The number of esters is 1. The lowest BCUT2D eigenvalue weighted by molar-refractivity contribution is -0.145. The summed E-state index contributed by atoms with van der Waals surface area (Å²) in [5.74, 6) is 2.80. The summed E-state index contributed by atoms with van der Waals surface area (Å²) < 4.78 is 5.60. The molecule has 1 N–H and O–H groups in total. The maximum atomic E-state index is 12.5. The van der Waals surface area contributed by atoms with Crippen molar-refractivity contribution in [3.05, 3.63) is 44.5 Å². The van der Waals surface area contributed by atoms with E-state index in [-0.39, 0.29) is 11.5 Å². The second-order valence-electron chi connectivity index (χ2n) is 10.7. The molecule has 7 heteroatoms. The molecule has 3 unspecified atom stereocenters. The third kappa shape index (κ3) is 5.04. The topological polar surface area (TPSA) is 87.7 Å². The minimum absolute atomic E-state index is 0.0504. The smallest absolute Gasteiger partial charge is 0.305 e. The van der Waals surface area contributed by atoms with E-state index in [4.69, 9.17) is 4.74 Å². The highest BCUT2D eigenvalue weighted by Crippen LogP contribution is 2.48. The van der Waals surface area contributed by atoms with E-state index in [1.165, 1.54) is 31.2 Å². The minimum Gasteiger partial charge on any atom is -0.465 e. The number of nitrogens with one attached hydrogen (secondary N) is 1. The van der Waals surface area contributed by atoms with E-state index in [0.717, 1.165) is 61.0 Å². The summed E-state index contributed by atoms with van der Waals surface area (Å²) in [5.41, 5.74) is 4.16.